The van der Waals surface area contributed by atoms with E-state index >= 15 is 0 Å². The monoisotopic (exact) mass is 169 g/mol. The highest BCUT2D eigenvalue weighted by Crippen LogP contribution is 2.05. The molecule has 0 saturated heterocycles. The molecule has 0 aliphatic heterocycles. The number of Topliss-reactive ketones (excluding diaryl/α,β-unsaturated/α-hetero) is 1. The molecule has 0 bridgehead atoms. The molecule has 0 saturated carbocycles. The van der Waals surface area contributed by atoms with Crippen molar-refractivity contribution in [2.75, 3.05) is 0 Å². The summed E-state index contributed by atoms with van der Waals surface area (Å²) in [5.74, 6) is -0.720. The summed E-state index contributed by atoms with van der Waals surface area (Å²) in [6.07, 6.45) is 1.25. The highest BCUT2D eigenvalue weighted by Gasteiger charge is 2.05. The molecule has 1 N–H and O–H groups in total. The van der Waals surface area contributed by atoms with E-state index in [0.29, 0.717) is 0 Å². The molecule has 0 rings (SSSR count). The molecule has 0 aromatic heterocycles. The normalized spacial score (nSPS) is 11.1. The van der Waals surface area contributed by atoms with Gasteiger partial charge in [-0.1, -0.05) is 13.5 Å². The van der Waals surface area contributed by atoms with Crippen LogP contribution in [0.25, 0.3) is 0 Å². The van der Waals surface area contributed by atoms with Crippen LogP contribution in [0.2, 0.25) is 0 Å². The van der Waals surface area contributed by atoms with Crippen molar-refractivity contribution in [2.24, 2.45) is 0 Å². The van der Waals surface area contributed by atoms with Crippen LogP contribution in [0.15, 0.2) is 24.1 Å². The Balaban J connectivity index is 4.43. The van der Waals surface area contributed by atoms with Gasteiger partial charge in [-0.25, -0.2) is 4.39 Å². The number of halogens is 1. The summed E-state index contributed by atoms with van der Waals surface area (Å²) in [6.45, 7) is 6.29. The lowest BCUT2D eigenvalue weighted by molar-refractivity contribution is -0.113. The molecule has 0 heterocycles. The Morgan fingerprint density at radius 1 is 1.67 bits per heavy atom. The standard InChI is InChI=1S/C9H12FNO/c1-4-8(10)5-9(11)6(2)7(3)12/h5,11H,2,4H2,1,3H3/b8-5+,11-9?. The predicted molar refractivity (Wildman–Crippen MR) is 47.0 cm³/mol. The number of carbonyl (C=O) groups excluding carboxylic acids is 1. The van der Waals surface area contributed by atoms with Crippen molar-refractivity contribution in [2.45, 2.75) is 20.3 Å². The zero-order chi connectivity index (χ0) is 9.72. The van der Waals surface area contributed by atoms with Gasteiger partial charge in [-0.05, 0) is 19.4 Å². The van der Waals surface area contributed by atoms with E-state index in [2.05, 4.69) is 6.58 Å². The molecule has 0 amide bonds. The third-order valence-electron chi connectivity index (χ3n) is 1.39. The molecule has 2 nitrogen and oxygen atoms in total. The first-order chi connectivity index (χ1) is 5.49. The van der Waals surface area contributed by atoms with Gasteiger partial charge in [-0.15, -0.1) is 0 Å². The van der Waals surface area contributed by atoms with Crippen LogP contribution in [0.3, 0.4) is 0 Å². The zero-order valence-corrected chi connectivity index (χ0v) is 7.28. The minimum atomic E-state index is -0.414. The molecule has 3 heteroatoms. The minimum Gasteiger partial charge on any atom is -0.300 e. The van der Waals surface area contributed by atoms with E-state index < -0.39 is 5.83 Å². The van der Waals surface area contributed by atoms with E-state index in [1.165, 1.54) is 6.92 Å². The molecule has 0 aliphatic carbocycles. The Labute approximate surface area is 71.3 Å². The quantitative estimate of drug-likeness (QED) is 0.509. The second-order valence-electron chi connectivity index (χ2n) is 2.39. The van der Waals surface area contributed by atoms with Crippen molar-refractivity contribution in [3.8, 4) is 0 Å². The highest BCUT2D eigenvalue weighted by molar-refractivity contribution is 6.24. The summed E-state index contributed by atoms with van der Waals surface area (Å²) in [4.78, 5) is 10.7. The molecule has 0 unspecified atom stereocenters. The zero-order valence-electron chi connectivity index (χ0n) is 7.28. The summed E-state index contributed by atoms with van der Waals surface area (Å²) >= 11 is 0. The smallest absolute Gasteiger partial charge is 0.161 e. The number of rotatable bonds is 4. The van der Waals surface area contributed by atoms with E-state index in [1.54, 1.807) is 6.92 Å². The summed E-state index contributed by atoms with van der Waals surface area (Å²) in [5.41, 5.74) is -0.111. The number of nitrogens with one attached hydrogen (secondary N) is 1. The van der Waals surface area contributed by atoms with E-state index in [1.807, 2.05) is 0 Å². The van der Waals surface area contributed by atoms with Crippen molar-refractivity contribution >= 4 is 11.5 Å². The molecule has 0 atom stereocenters. The third kappa shape index (κ3) is 3.23. The third-order valence-corrected chi connectivity index (χ3v) is 1.39. The Hall–Kier alpha value is -1.25. The molecular weight excluding hydrogens is 157 g/mol. The van der Waals surface area contributed by atoms with Crippen molar-refractivity contribution in [1.82, 2.24) is 0 Å². The van der Waals surface area contributed by atoms with Gasteiger partial charge in [0.25, 0.3) is 0 Å². The topological polar surface area (TPSA) is 40.9 Å². The maximum Gasteiger partial charge on any atom is 0.161 e. The van der Waals surface area contributed by atoms with E-state index in [0.717, 1.165) is 6.08 Å². The van der Waals surface area contributed by atoms with Gasteiger partial charge in [0.05, 0.1) is 5.71 Å². The molecule has 0 spiro atoms. The lowest BCUT2D eigenvalue weighted by Crippen LogP contribution is -2.05. The van der Waals surface area contributed by atoms with Crippen LogP contribution in [0.1, 0.15) is 20.3 Å². The van der Waals surface area contributed by atoms with Crippen LogP contribution >= 0.6 is 0 Å². The average Bonchev–Trinajstić information content (AvgIpc) is 2.02. The number of hydrogen-bond donors (Lipinski definition) is 1. The fraction of sp³-hybridized carbons (Fsp3) is 0.333. The van der Waals surface area contributed by atoms with Crippen LogP contribution in [-0.4, -0.2) is 11.5 Å². The van der Waals surface area contributed by atoms with E-state index in [-0.39, 0.29) is 23.5 Å². The molecule has 0 fully saturated rings. The van der Waals surface area contributed by atoms with Gasteiger partial charge in [0.2, 0.25) is 0 Å². The maximum atomic E-state index is 12.6. The predicted octanol–water partition coefficient (Wildman–Crippen LogP) is 2.41. The summed E-state index contributed by atoms with van der Waals surface area (Å²) in [5, 5.41) is 7.22. The van der Waals surface area contributed by atoms with Crippen LogP contribution in [0.5, 0.6) is 0 Å². The van der Waals surface area contributed by atoms with Gasteiger partial charge in [0, 0.05) is 5.57 Å². The van der Waals surface area contributed by atoms with Gasteiger partial charge < -0.3 is 5.41 Å². The molecule has 0 aliphatic rings. The molecule has 66 valence electrons. The van der Waals surface area contributed by atoms with Gasteiger partial charge in [-0.2, -0.15) is 0 Å². The number of ketones is 1. The lowest BCUT2D eigenvalue weighted by atomic mass is 10.1. The maximum absolute atomic E-state index is 12.6. The first kappa shape index (κ1) is 10.8. The summed E-state index contributed by atoms with van der Waals surface area (Å²) in [6, 6.07) is 0. The van der Waals surface area contributed by atoms with Crippen molar-refractivity contribution in [3.63, 3.8) is 0 Å². The van der Waals surface area contributed by atoms with Crippen LogP contribution in [0.4, 0.5) is 4.39 Å². The van der Waals surface area contributed by atoms with Crippen LogP contribution in [-0.2, 0) is 4.79 Å². The Morgan fingerprint density at radius 3 is 2.50 bits per heavy atom. The number of allylic oxidation sites excluding steroid dienone is 3. The van der Waals surface area contributed by atoms with Gasteiger partial charge in [-0.3, -0.25) is 4.79 Å². The van der Waals surface area contributed by atoms with E-state index in [4.69, 9.17) is 5.41 Å². The van der Waals surface area contributed by atoms with Crippen LogP contribution < -0.4 is 0 Å². The van der Waals surface area contributed by atoms with Crippen molar-refractivity contribution in [1.29, 1.82) is 5.41 Å². The van der Waals surface area contributed by atoms with Crippen molar-refractivity contribution in [3.05, 3.63) is 24.1 Å². The van der Waals surface area contributed by atoms with E-state index in [9.17, 15) is 9.18 Å². The number of hydrogen-bond acceptors (Lipinski definition) is 2. The Bertz CT molecular complexity index is 253. The highest BCUT2D eigenvalue weighted by atomic mass is 19.1. The molecule has 0 radical (unpaired) electrons. The molecule has 12 heavy (non-hydrogen) atoms. The Morgan fingerprint density at radius 2 is 2.17 bits per heavy atom. The largest absolute Gasteiger partial charge is 0.300 e. The summed E-state index contributed by atoms with van der Waals surface area (Å²) < 4.78 is 12.6. The number of carbonyl (C=O) groups is 1. The average molecular weight is 169 g/mol. The van der Waals surface area contributed by atoms with Gasteiger partial charge in [0.1, 0.15) is 5.83 Å². The fourth-order valence-electron chi connectivity index (χ4n) is 0.535. The first-order valence-corrected chi connectivity index (χ1v) is 3.63. The lowest BCUT2D eigenvalue weighted by Gasteiger charge is -1.97. The second kappa shape index (κ2) is 4.59. The Kier molecular flexibility index (Phi) is 4.11. The minimum absolute atomic E-state index is 0.0404. The first-order valence-electron chi connectivity index (χ1n) is 3.63. The molecular formula is C9H12FNO. The summed E-state index contributed by atoms with van der Waals surface area (Å²) in [7, 11) is 0. The second-order valence-corrected chi connectivity index (χ2v) is 2.39. The molecule has 0 aromatic carbocycles. The van der Waals surface area contributed by atoms with Gasteiger partial charge >= 0.3 is 0 Å². The molecule has 0 aromatic rings. The fourth-order valence-corrected chi connectivity index (χ4v) is 0.535. The van der Waals surface area contributed by atoms with Crippen molar-refractivity contribution < 1.29 is 9.18 Å². The van der Waals surface area contributed by atoms with Gasteiger partial charge in [0.15, 0.2) is 5.78 Å². The SMILES string of the molecule is C=C(C(=N)/C=C(/F)CC)C(C)=O. The van der Waals surface area contributed by atoms with Crippen LogP contribution in [0, 0.1) is 5.41 Å².